The number of para-hydroxylation sites is 2. The average Bonchev–Trinajstić information content (AvgIpc) is 2.90. The van der Waals surface area contributed by atoms with Gasteiger partial charge in [-0.25, -0.2) is 0 Å². The van der Waals surface area contributed by atoms with Crippen LogP contribution in [0.3, 0.4) is 0 Å². The van der Waals surface area contributed by atoms with E-state index in [0.29, 0.717) is 5.11 Å². The fourth-order valence-electron chi connectivity index (χ4n) is 2.73. The molecule has 0 radical (unpaired) electrons. The van der Waals surface area contributed by atoms with E-state index in [2.05, 4.69) is 52.5 Å². The molecule has 3 rings (SSSR count). The van der Waals surface area contributed by atoms with E-state index in [1.54, 1.807) is 6.21 Å². The minimum atomic E-state index is 0.458. The van der Waals surface area contributed by atoms with Gasteiger partial charge in [-0.05, 0) is 56.4 Å². The Hall–Kier alpha value is -2.92. The molecule has 126 valence electrons. The quantitative estimate of drug-likeness (QED) is 0.417. The minimum absolute atomic E-state index is 0.458. The van der Waals surface area contributed by atoms with Gasteiger partial charge in [-0.2, -0.15) is 5.10 Å². The summed E-state index contributed by atoms with van der Waals surface area (Å²) in [7, 11) is 0. The van der Waals surface area contributed by atoms with Crippen molar-refractivity contribution >= 4 is 29.2 Å². The van der Waals surface area contributed by atoms with Crippen molar-refractivity contribution in [2.75, 3.05) is 5.32 Å². The molecule has 0 aliphatic heterocycles. The Bertz CT molecular complexity index is 883. The Morgan fingerprint density at radius 2 is 1.64 bits per heavy atom. The first-order chi connectivity index (χ1) is 12.1. The number of hydrogen-bond acceptors (Lipinski definition) is 2. The van der Waals surface area contributed by atoms with Gasteiger partial charge in [0.25, 0.3) is 0 Å². The van der Waals surface area contributed by atoms with E-state index in [1.807, 2.05) is 48.5 Å². The zero-order valence-corrected chi connectivity index (χ0v) is 15.0. The summed E-state index contributed by atoms with van der Waals surface area (Å²) >= 11 is 5.25. The molecular weight excluding hydrogens is 328 g/mol. The lowest BCUT2D eigenvalue weighted by atomic mass is 10.2. The van der Waals surface area contributed by atoms with Gasteiger partial charge < -0.3 is 9.88 Å². The van der Waals surface area contributed by atoms with E-state index in [4.69, 9.17) is 12.2 Å². The number of benzene rings is 2. The third kappa shape index (κ3) is 4.14. The molecule has 0 saturated heterocycles. The lowest BCUT2D eigenvalue weighted by Crippen LogP contribution is -2.23. The van der Waals surface area contributed by atoms with Crippen LogP contribution in [-0.2, 0) is 0 Å². The number of hydrogen-bond donors (Lipinski definition) is 2. The van der Waals surface area contributed by atoms with Gasteiger partial charge in [0.1, 0.15) is 0 Å². The van der Waals surface area contributed by atoms with Crippen molar-refractivity contribution in [2.24, 2.45) is 5.10 Å². The maximum atomic E-state index is 5.25. The lowest BCUT2D eigenvalue weighted by Gasteiger charge is -2.09. The fourth-order valence-corrected chi connectivity index (χ4v) is 2.90. The normalized spacial score (nSPS) is 10.8. The van der Waals surface area contributed by atoms with Gasteiger partial charge in [0.2, 0.25) is 0 Å². The van der Waals surface area contributed by atoms with Crippen LogP contribution in [0.5, 0.6) is 0 Å². The Morgan fingerprint density at radius 3 is 2.32 bits per heavy atom. The summed E-state index contributed by atoms with van der Waals surface area (Å²) in [4.78, 5) is 0. The van der Waals surface area contributed by atoms with Crippen LogP contribution in [0.1, 0.15) is 17.0 Å². The van der Waals surface area contributed by atoms with Gasteiger partial charge in [-0.15, -0.1) is 0 Å². The predicted molar refractivity (Wildman–Crippen MR) is 109 cm³/mol. The zero-order chi connectivity index (χ0) is 17.6. The molecule has 0 bridgehead atoms. The molecule has 0 unspecified atom stereocenters. The summed E-state index contributed by atoms with van der Waals surface area (Å²) in [6.07, 6.45) is 1.79. The Kier molecular flexibility index (Phi) is 5.26. The van der Waals surface area contributed by atoms with Crippen molar-refractivity contribution in [2.45, 2.75) is 13.8 Å². The van der Waals surface area contributed by atoms with Gasteiger partial charge >= 0.3 is 0 Å². The highest BCUT2D eigenvalue weighted by Crippen LogP contribution is 2.19. The van der Waals surface area contributed by atoms with Crippen LogP contribution in [0.4, 0.5) is 5.69 Å². The molecule has 0 spiro atoms. The number of aromatic nitrogens is 1. The van der Waals surface area contributed by atoms with Crippen molar-refractivity contribution < 1.29 is 0 Å². The summed E-state index contributed by atoms with van der Waals surface area (Å²) in [6, 6.07) is 22.2. The highest BCUT2D eigenvalue weighted by Gasteiger charge is 2.08. The van der Waals surface area contributed by atoms with Crippen LogP contribution in [0, 0.1) is 13.8 Å². The molecule has 1 heterocycles. The number of thiocarbonyl (C=S) groups is 1. The third-order valence-corrected chi connectivity index (χ3v) is 4.08. The molecule has 0 aliphatic carbocycles. The van der Waals surface area contributed by atoms with Gasteiger partial charge in [0.15, 0.2) is 5.11 Å². The van der Waals surface area contributed by atoms with Crippen molar-refractivity contribution in [1.82, 2.24) is 9.99 Å². The van der Waals surface area contributed by atoms with Crippen LogP contribution in [0.15, 0.2) is 71.8 Å². The highest BCUT2D eigenvalue weighted by atomic mass is 32.1. The van der Waals surface area contributed by atoms with Gasteiger partial charge in [-0.3, -0.25) is 5.43 Å². The molecule has 0 fully saturated rings. The van der Waals surface area contributed by atoms with Gasteiger partial charge in [0.05, 0.1) is 6.21 Å². The fraction of sp³-hybridized carbons (Fsp3) is 0.100. The van der Waals surface area contributed by atoms with E-state index >= 15 is 0 Å². The molecule has 25 heavy (non-hydrogen) atoms. The summed E-state index contributed by atoms with van der Waals surface area (Å²) < 4.78 is 2.21. The largest absolute Gasteiger partial charge is 0.331 e. The number of nitrogens with one attached hydrogen (secondary N) is 2. The number of nitrogens with zero attached hydrogens (tertiary/aromatic N) is 2. The Balaban J connectivity index is 1.69. The second kappa shape index (κ2) is 7.77. The highest BCUT2D eigenvalue weighted by molar-refractivity contribution is 7.80. The molecule has 2 N–H and O–H groups in total. The third-order valence-electron chi connectivity index (χ3n) is 3.89. The molecule has 0 aliphatic rings. The first kappa shape index (κ1) is 16.9. The zero-order valence-electron chi connectivity index (χ0n) is 14.2. The Morgan fingerprint density at radius 1 is 1.00 bits per heavy atom. The molecule has 4 nitrogen and oxygen atoms in total. The van der Waals surface area contributed by atoms with E-state index in [-0.39, 0.29) is 0 Å². The molecule has 0 amide bonds. The predicted octanol–water partition coefficient (Wildman–Crippen LogP) is 4.41. The number of rotatable bonds is 4. The van der Waals surface area contributed by atoms with Gasteiger partial charge in [0, 0.05) is 28.3 Å². The molecule has 5 heteroatoms. The van der Waals surface area contributed by atoms with Crippen LogP contribution < -0.4 is 10.7 Å². The number of anilines is 1. The van der Waals surface area contributed by atoms with Crippen molar-refractivity contribution in [1.29, 1.82) is 0 Å². The van der Waals surface area contributed by atoms with Crippen molar-refractivity contribution in [3.05, 3.63) is 83.7 Å². The molecule has 3 aromatic rings. The molecule has 2 aromatic carbocycles. The first-order valence-electron chi connectivity index (χ1n) is 8.04. The van der Waals surface area contributed by atoms with Crippen molar-refractivity contribution in [3.63, 3.8) is 0 Å². The van der Waals surface area contributed by atoms with E-state index in [0.717, 1.165) is 28.3 Å². The average molecular weight is 348 g/mol. The summed E-state index contributed by atoms with van der Waals surface area (Å²) in [5.74, 6) is 0. The minimum Gasteiger partial charge on any atom is -0.331 e. The maximum Gasteiger partial charge on any atom is 0.191 e. The first-order valence-corrected chi connectivity index (χ1v) is 8.45. The van der Waals surface area contributed by atoms with Gasteiger partial charge in [-0.1, -0.05) is 36.4 Å². The second-order valence-electron chi connectivity index (χ2n) is 5.69. The number of hydrazone groups is 1. The van der Waals surface area contributed by atoms with Crippen LogP contribution in [0.2, 0.25) is 0 Å². The summed E-state index contributed by atoms with van der Waals surface area (Å²) in [5.41, 5.74) is 8.28. The summed E-state index contributed by atoms with van der Waals surface area (Å²) in [6.45, 7) is 4.17. The molecule has 0 atom stereocenters. The monoisotopic (exact) mass is 348 g/mol. The molecule has 1 aromatic heterocycles. The lowest BCUT2D eigenvalue weighted by molar-refractivity contribution is 0.964. The molecule has 0 saturated carbocycles. The standard InChI is InChI=1S/C20H20N4S/c1-15-13-17(16(2)24(15)19-11-7-4-8-12-19)14-21-23-20(25)22-18-9-5-3-6-10-18/h3-14H,1-2H3,(H2,22,23,25)/b21-14-. The van der Waals surface area contributed by atoms with E-state index in [9.17, 15) is 0 Å². The van der Waals surface area contributed by atoms with E-state index in [1.165, 1.54) is 0 Å². The second-order valence-corrected chi connectivity index (χ2v) is 6.10. The van der Waals surface area contributed by atoms with E-state index < -0.39 is 0 Å². The topological polar surface area (TPSA) is 41.4 Å². The number of aryl methyl sites for hydroxylation is 1. The van der Waals surface area contributed by atoms with Crippen LogP contribution in [-0.4, -0.2) is 15.9 Å². The summed E-state index contributed by atoms with van der Waals surface area (Å²) in [5, 5.41) is 7.80. The maximum absolute atomic E-state index is 5.25. The SMILES string of the molecule is Cc1cc(/C=N\NC(=S)Nc2ccccc2)c(C)n1-c1ccccc1. The van der Waals surface area contributed by atoms with Crippen LogP contribution >= 0.6 is 12.2 Å². The smallest absolute Gasteiger partial charge is 0.191 e. The Labute approximate surface area is 153 Å². The molecular formula is C20H20N4S. The van der Waals surface area contributed by atoms with Crippen LogP contribution in [0.25, 0.3) is 5.69 Å². The van der Waals surface area contributed by atoms with Crippen molar-refractivity contribution in [3.8, 4) is 5.69 Å².